The summed E-state index contributed by atoms with van der Waals surface area (Å²) in [4.78, 5) is 0. The van der Waals surface area contributed by atoms with E-state index in [1.807, 2.05) is 13.0 Å². The van der Waals surface area contributed by atoms with Crippen molar-refractivity contribution in [3.63, 3.8) is 0 Å². The maximum absolute atomic E-state index is 5.74. The molecule has 16 heavy (non-hydrogen) atoms. The van der Waals surface area contributed by atoms with Crippen LogP contribution >= 0.6 is 91.1 Å². The summed E-state index contributed by atoms with van der Waals surface area (Å²) in [6.45, 7) is 4.07. The lowest BCUT2D eigenvalue weighted by Crippen LogP contribution is -1.60. The second-order valence-electron chi connectivity index (χ2n) is 3.01. The third kappa shape index (κ3) is 4.97. The van der Waals surface area contributed by atoms with Gasteiger partial charge in [0.1, 0.15) is 0 Å². The summed E-state index contributed by atoms with van der Waals surface area (Å²) in [7, 11) is 0. The summed E-state index contributed by atoms with van der Waals surface area (Å²) in [5, 5.41) is 0. The normalized spacial score (nSPS) is 9.88. The van der Waals surface area contributed by atoms with Crippen molar-refractivity contribution >= 4 is 91.1 Å². The highest BCUT2D eigenvalue weighted by Crippen LogP contribution is 2.27. The Morgan fingerprint density at radius 3 is 1.75 bits per heavy atom. The molecule has 0 fully saturated rings. The van der Waals surface area contributed by atoms with Crippen molar-refractivity contribution in [2.75, 3.05) is 0 Å². The van der Waals surface area contributed by atoms with Gasteiger partial charge in [-0.15, -0.1) is 22.7 Å². The molecule has 2 aromatic rings. The summed E-state index contributed by atoms with van der Waals surface area (Å²) >= 11 is 19.2. The number of thiophene rings is 2. The van der Waals surface area contributed by atoms with Gasteiger partial charge < -0.3 is 0 Å². The first-order valence-electron chi connectivity index (χ1n) is 4.23. The van der Waals surface area contributed by atoms with Crippen LogP contribution in [0.25, 0.3) is 0 Å². The zero-order chi connectivity index (χ0) is 12.3. The van der Waals surface area contributed by atoms with Crippen molar-refractivity contribution in [1.82, 2.24) is 0 Å². The van der Waals surface area contributed by atoms with E-state index in [-0.39, 0.29) is 0 Å². The Morgan fingerprint density at radius 1 is 1.00 bits per heavy atom. The minimum atomic E-state index is 0.881. The molecule has 0 saturated heterocycles. The third-order valence-electron chi connectivity index (χ3n) is 1.65. The lowest BCUT2D eigenvalue weighted by molar-refractivity contribution is 1.53. The number of aryl methyl sites for hydroxylation is 2. The first-order chi connectivity index (χ1) is 7.40. The monoisotopic (exact) mass is 516 g/mol. The van der Waals surface area contributed by atoms with Gasteiger partial charge in [-0.3, -0.25) is 0 Å². The van der Waals surface area contributed by atoms with Crippen LogP contribution in [0.2, 0.25) is 8.67 Å². The van der Waals surface area contributed by atoms with E-state index in [4.69, 9.17) is 23.2 Å². The molecule has 6 heteroatoms. The third-order valence-corrected chi connectivity index (χ3v) is 6.64. The fraction of sp³-hybridized carbons (Fsp3) is 0.200. The largest absolute Gasteiger partial charge is 0.117 e. The molecule has 0 aromatic carbocycles. The van der Waals surface area contributed by atoms with Crippen LogP contribution in [0, 0.1) is 19.6 Å². The lowest BCUT2D eigenvalue weighted by atomic mass is 10.4. The molecule has 0 nitrogen and oxygen atoms in total. The molecule has 0 unspecified atom stereocenters. The molecule has 0 aliphatic carbocycles. The quantitative estimate of drug-likeness (QED) is 0.345. The predicted molar refractivity (Wildman–Crippen MR) is 93.6 cm³/mol. The van der Waals surface area contributed by atoms with Crippen LogP contribution < -0.4 is 0 Å². The number of rotatable bonds is 0. The van der Waals surface area contributed by atoms with Gasteiger partial charge in [-0.1, -0.05) is 23.2 Å². The van der Waals surface area contributed by atoms with Gasteiger partial charge in [0.15, 0.2) is 0 Å². The van der Waals surface area contributed by atoms with E-state index in [9.17, 15) is 0 Å². The summed E-state index contributed by atoms with van der Waals surface area (Å²) in [6, 6.07) is 4.06. The maximum Gasteiger partial charge on any atom is 0.0968 e. The molecular weight excluding hydrogens is 509 g/mol. The molecule has 0 N–H and O–H groups in total. The Bertz CT molecular complexity index is 394. The molecule has 0 aliphatic rings. The molecule has 0 radical (unpaired) electrons. The van der Waals surface area contributed by atoms with Gasteiger partial charge >= 0.3 is 0 Å². The highest BCUT2D eigenvalue weighted by atomic mass is 127. The van der Waals surface area contributed by atoms with E-state index in [2.05, 4.69) is 58.2 Å². The van der Waals surface area contributed by atoms with Crippen LogP contribution in [-0.2, 0) is 0 Å². The van der Waals surface area contributed by atoms with Crippen LogP contribution in [-0.4, -0.2) is 0 Å². The SMILES string of the molecule is Cc1cc(Cl)sc1I.Cc1cc(I)sc1Cl. The van der Waals surface area contributed by atoms with Crippen molar-refractivity contribution in [3.05, 3.63) is 37.7 Å². The van der Waals surface area contributed by atoms with Crippen molar-refractivity contribution < 1.29 is 0 Å². The van der Waals surface area contributed by atoms with Crippen molar-refractivity contribution in [2.24, 2.45) is 0 Å². The number of hydrogen-bond acceptors (Lipinski definition) is 2. The summed E-state index contributed by atoms with van der Waals surface area (Å²) < 4.78 is 4.33. The molecule has 0 spiro atoms. The Balaban J connectivity index is 0.000000160. The van der Waals surface area contributed by atoms with Gasteiger partial charge in [0.2, 0.25) is 0 Å². The Kier molecular flexibility index (Phi) is 6.91. The van der Waals surface area contributed by atoms with Gasteiger partial charge in [0, 0.05) is 0 Å². The molecule has 88 valence electrons. The van der Waals surface area contributed by atoms with E-state index < -0.39 is 0 Å². The fourth-order valence-electron chi connectivity index (χ4n) is 0.845. The molecule has 0 amide bonds. The van der Waals surface area contributed by atoms with Crippen LogP contribution in [0.3, 0.4) is 0 Å². The smallest absolute Gasteiger partial charge is 0.0968 e. The molecule has 0 atom stereocenters. The van der Waals surface area contributed by atoms with Crippen molar-refractivity contribution in [2.45, 2.75) is 13.8 Å². The zero-order valence-electron chi connectivity index (χ0n) is 8.48. The highest BCUT2D eigenvalue weighted by Gasteiger charge is 1.98. The maximum atomic E-state index is 5.74. The molecule has 0 aliphatic heterocycles. The van der Waals surface area contributed by atoms with E-state index in [1.165, 1.54) is 16.9 Å². The van der Waals surface area contributed by atoms with Crippen LogP contribution in [0.1, 0.15) is 11.1 Å². The van der Waals surface area contributed by atoms with Crippen LogP contribution in [0.5, 0.6) is 0 Å². The van der Waals surface area contributed by atoms with Gasteiger partial charge in [-0.25, -0.2) is 0 Å². The van der Waals surface area contributed by atoms with Gasteiger partial charge in [0.25, 0.3) is 0 Å². The van der Waals surface area contributed by atoms with E-state index in [0.29, 0.717) is 0 Å². The second kappa shape index (κ2) is 7.13. The first-order valence-corrected chi connectivity index (χ1v) is 8.77. The van der Waals surface area contributed by atoms with Gasteiger partial charge in [0.05, 0.1) is 14.4 Å². The highest BCUT2D eigenvalue weighted by molar-refractivity contribution is 14.1. The molecule has 0 bridgehead atoms. The first kappa shape index (κ1) is 15.5. The average Bonchev–Trinajstić information content (AvgIpc) is 2.58. The lowest BCUT2D eigenvalue weighted by Gasteiger charge is -1.77. The molecule has 2 rings (SSSR count). The molecule has 2 aromatic heterocycles. The van der Waals surface area contributed by atoms with E-state index in [0.717, 1.165) is 8.67 Å². The second-order valence-corrected chi connectivity index (χ2v) is 10.1. The minimum absolute atomic E-state index is 0.881. The van der Waals surface area contributed by atoms with Crippen LogP contribution in [0.15, 0.2) is 12.1 Å². The minimum Gasteiger partial charge on any atom is -0.117 e. The van der Waals surface area contributed by atoms with Gasteiger partial charge in [-0.2, -0.15) is 0 Å². The van der Waals surface area contributed by atoms with Crippen molar-refractivity contribution in [1.29, 1.82) is 0 Å². The molecule has 2 heterocycles. The Morgan fingerprint density at radius 2 is 1.62 bits per heavy atom. The fourth-order valence-corrected chi connectivity index (χ4v) is 5.57. The van der Waals surface area contributed by atoms with Crippen LogP contribution in [0.4, 0.5) is 0 Å². The van der Waals surface area contributed by atoms with E-state index >= 15 is 0 Å². The van der Waals surface area contributed by atoms with E-state index in [1.54, 1.807) is 22.7 Å². The summed E-state index contributed by atoms with van der Waals surface area (Å²) in [6.07, 6.45) is 0. The Labute approximate surface area is 141 Å². The molecular formula is C10H8Cl2I2S2. The standard InChI is InChI=1S/2C5H4ClIS/c1-3-2-4(7)8-5(3)6;1-3-2-4(6)8-5(3)7/h2*2H,1H3. The number of halogens is 4. The summed E-state index contributed by atoms with van der Waals surface area (Å²) in [5.41, 5.74) is 2.46. The average molecular weight is 517 g/mol. The number of hydrogen-bond donors (Lipinski definition) is 0. The molecule has 0 saturated carbocycles. The van der Waals surface area contributed by atoms with Crippen molar-refractivity contribution in [3.8, 4) is 0 Å². The van der Waals surface area contributed by atoms with Gasteiger partial charge in [-0.05, 0) is 82.3 Å². The summed E-state index contributed by atoms with van der Waals surface area (Å²) in [5.74, 6) is 0. The predicted octanol–water partition coefficient (Wildman–Crippen LogP) is 6.63. The zero-order valence-corrected chi connectivity index (χ0v) is 15.9. The Hall–Kier alpha value is 1.44. The topological polar surface area (TPSA) is 0 Å².